The van der Waals surface area contributed by atoms with Crippen molar-refractivity contribution in [1.82, 2.24) is 10.6 Å². The first-order valence-corrected chi connectivity index (χ1v) is 6.55. The van der Waals surface area contributed by atoms with E-state index < -0.39 is 23.1 Å². The summed E-state index contributed by atoms with van der Waals surface area (Å²) in [6, 6.07) is 3.57. The van der Waals surface area contributed by atoms with Crippen LogP contribution in [0.5, 0.6) is 0 Å². The van der Waals surface area contributed by atoms with Crippen LogP contribution in [0.4, 0.5) is 8.78 Å². The van der Waals surface area contributed by atoms with Crippen molar-refractivity contribution >= 4 is 5.91 Å². The van der Waals surface area contributed by atoms with E-state index in [1.807, 2.05) is 0 Å². The second kappa shape index (κ2) is 6.10. The van der Waals surface area contributed by atoms with Gasteiger partial charge in [-0.15, -0.1) is 0 Å². The number of carbonyl (C=O) groups excluding carboxylic acids is 1. The maximum absolute atomic E-state index is 13.4. The fourth-order valence-corrected chi connectivity index (χ4v) is 2.39. The summed E-state index contributed by atoms with van der Waals surface area (Å²) in [7, 11) is 0. The fourth-order valence-electron chi connectivity index (χ4n) is 2.39. The molecule has 1 heterocycles. The molecule has 0 saturated carbocycles. The molecule has 1 amide bonds. The van der Waals surface area contributed by atoms with Gasteiger partial charge in [-0.3, -0.25) is 4.79 Å². The van der Waals surface area contributed by atoms with Gasteiger partial charge in [0.05, 0.1) is 0 Å². The lowest BCUT2D eigenvalue weighted by molar-refractivity contribution is 0.0935. The summed E-state index contributed by atoms with van der Waals surface area (Å²) in [5.74, 6) is -1.92. The number of piperidine rings is 1. The Balaban J connectivity index is 1.97. The van der Waals surface area contributed by atoms with Crippen molar-refractivity contribution in [3.05, 3.63) is 35.4 Å². The minimum atomic E-state index is -0.831. The number of amides is 1. The third kappa shape index (κ3) is 3.29. The molecule has 1 aromatic rings. The van der Waals surface area contributed by atoms with E-state index in [1.54, 1.807) is 0 Å². The Morgan fingerprint density at radius 2 is 2.11 bits per heavy atom. The fraction of sp³-hybridized carbons (Fsp3) is 0.500. The van der Waals surface area contributed by atoms with Crippen LogP contribution in [0.15, 0.2) is 18.2 Å². The van der Waals surface area contributed by atoms with Crippen LogP contribution in [0.1, 0.15) is 30.1 Å². The molecule has 0 radical (unpaired) electrons. The van der Waals surface area contributed by atoms with Crippen molar-refractivity contribution in [1.29, 1.82) is 0 Å². The molecule has 0 aliphatic carbocycles. The molecular weight excluding hydrogens is 250 g/mol. The van der Waals surface area contributed by atoms with Gasteiger partial charge in [-0.05, 0) is 37.4 Å². The van der Waals surface area contributed by atoms with E-state index in [2.05, 4.69) is 17.6 Å². The lowest BCUT2D eigenvalue weighted by Crippen LogP contribution is -2.48. The SMILES string of the molecule is CC1CCCNC1CNC(=O)c1c(F)cccc1F. The predicted octanol–water partition coefficient (Wildman–Crippen LogP) is 2.08. The van der Waals surface area contributed by atoms with Gasteiger partial charge in [0.15, 0.2) is 0 Å². The van der Waals surface area contributed by atoms with Gasteiger partial charge in [-0.1, -0.05) is 13.0 Å². The Bertz CT molecular complexity index is 445. The molecule has 19 heavy (non-hydrogen) atoms. The third-order valence-corrected chi connectivity index (χ3v) is 3.60. The van der Waals surface area contributed by atoms with E-state index in [0.717, 1.165) is 31.5 Å². The first-order valence-electron chi connectivity index (χ1n) is 6.55. The summed E-state index contributed by atoms with van der Waals surface area (Å²) in [6.45, 7) is 3.40. The monoisotopic (exact) mass is 268 g/mol. The molecule has 5 heteroatoms. The molecule has 3 nitrogen and oxygen atoms in total. The Morgan fingerprint density at radius 1 is 1.42 bits per heavy atom. The van der Waals surface area contributed by atoms with E-state index in [1.165, 1.54) is 6.07 Å². The van der Waals surface area contributed by atoms with Gasteiger partial charge in [-0.25, -0.2) is 8.78 Å². The highest BCUT2D eigenvalue weighted by Crippen LogP contribution is 2.15. The van der Waals surface area contributed by atoms with Crippen LogP contribution in [0.2, 0.25) is 0 Å². The zero-order valence-corrected chi connectivity index (χ0v) is 10.9. The zero-order chi connectivity index (χ0) is 13.8. The van der Waals surface area contributed by atoms with Gasteiger partial charge in [0.2, 0.25) is 0 Å². The number of hydrogen-bond donors (Lipinski definition) is 2. The molecule has 1 aliphatic rings. The standard InChI is InChI=1S/C14H18F2N2O/c1-9-4-3-7-17-12(9)8-18-14(19)13-10(15)5-2-6-11(13)16/h2,5-6,9,12,17H,3-4,7-8H2,1H3,(H,18,19). The predicted molar refractivity (Wildman–Crippen MR) is 68.9 cm³/mol. The minimum absolute atomic E-state index is 0.160. The summed E-state index contributed by atoms with van der Waals surface area (Å²) < 4.78 is 26.9. The number of nitrogens with one attached hydrogen (secondary N) is 2. The highest BCUT2D eigenvalue weighted by molar-refractivity contribution is 5.94. The number of benzene rings is 1. The summed E-state index contributed by atoms with van der Waals surface area (Å²) >= 11 is 0. The molecule has 1 saturated heterocycles. The maximum atomic E-state index is 13.4. The average Bonchev–Trinajstić information content (AvgIpc) is 2.37. The van der Waals surface area contributed by atoms with Gasteiger partial charge in [0.1, 0.15) is 17.2 Å². The molecule has 2 unspecified atom stereocenters. The van der Waals surface area contributed by atoms with E-state index >= 15 is 0 Å². The molecule has 104 valence electrons. The Labute approximate surface area is 111 Å². The molecule has 2 rings (SSSR count). The summed E-state index contributed by atoms with van der Waals surface area (Å²) in [5.41, 5.74) is -0.508. The molecule has 1 fully saturated rings. The second-order valence-electron chi connectivity index (χ2n) is 4.99. The minimum Gasteiger partial charge on any atom is -0.350 e. The summed E-state index contributed by atoms with van der Waals surface area (Å²) in [5, 5.41) is 5.90. The van der Waals surface area contributed by atoms with Crippen LogP contribution < -0.4 is 10.6 Å². The quantitative estimate of drug-likeness (QED) is 0.881. The van der Waals surface area contributed by atoms with Crippen molar-refractivity contribution in [2.75, 3.05) is 13.1 Å². The number of hydrogen-bond acceptors (Lipinski definition) is 2. The number of halogens is 2. The lowest BCUT2D eigenvalue weighted by atomic mass is 9.93. The van der Waals surface area contributed by atoms with E-state index in [0.29, 0.717) is 12.5 Å². The largest absolute Gasteiger partial charge is 0.350 e. The second-order valence-corrected chi connectivity index (χ2v) is 4.99. The number of carbonyl (C=O) groups is 1. The normalized spacial score (nSPS) is 23.1. The van der Waals surface area contributed by atoms with Crippen LogP contribution in [0.3, 0.4) is 0 Å². The highest BCUT2D eigenvalue weighted by Gasteiger charge is 2.23. The lowest BCUT2D eigenvalue weighted by Gasteiger charge is -2.30. The van der Waals surface area contributed by atoms with Crippen molar-refractivity contribution < 1.29 is 13.6 Å². The molecule has 0 spiro atoms. The van der Waals surface area contributed by atoms with Crippen LogP contribution in [-0.4, -0.2) is 25.0 Å². The summed E-state index contributed by atoms with van der Waals surface area (Å²) in [4.78, 5) is 11.8. The van der Waals surface area contributed by atoms with Gasteiger partial charge in [-0.2, -0.15) is 0 Å². The van der Waals surface area contributed by atoms with Gasteiger partial charge in [0, 0.05) is 12.6 Å². The molecular formula is C14H18F2N2O. The first-order chi connectivity index (χ1) is 9.09. The first kappa shape index (κ1) is 13.9. The van der Waals surface area contributed by atoms with Crippen molar-refractivity contribution in [2.45, 2.75) is 25.8 Å². The van der Waals surface area contributed by atoms with E-state index in [-0.39, 0.29) is 6.04 Å². The smallest absolute Gasteiger partial charge is 0.257 e. The Hall–Kier alpha value is -1.49. The molecule has 1 aromatic carbocycles. The van der Waals surface area contributed by atoms with Crippen molar-refractivity contribution in [3.63, 3.8) is 0 Å². The molecule has 0 aromatic heterocycles. The number of rotatable bonds is 3. The van der Waals surface area contributed by atoms with Crippen LogP contribution >= 0.6 is 0 Å². The van der Waals surface area contributed by atoms with Crippen molar-refractivity contribution in [3.8, 4) is 0 Å². The Kier molecular flexibility index (Phi) is 4.47. The third-order valence-electron chi connectivity index (χ3n) is 3.60. The van der Waals surface area contributed by atoms with Crippen molar-refractivity contribution in [2.24, 2.45) is 5.92 Å². The van der Waals surface area contributed by atoms with Crippen LogP contribution in [0.25, 0.3) is 0 Å². The Morgan fingerprint density at radius 3 is 2.74 bits per heavy atom. The van der Waals surface area contributed by atoms with Gasteiger partial charge < -0.3 is 10.6 Å². The topological polar surface area (TPSA) is 41.1 Å². The molecule has 2 N–H and O–H groups in total. The zero-order valence-electron chi connectivity index (χ0n) is 10.9. The molecule has 0 bridgehead atoms. The molecule has 2 atom stereocenters. The summed E-state index contributed by atoms with van der Waals surface area (Å²) in [6.07, 6.45) is 2.22. The highest BCUT2D eigenvalue weighted by atomic mass is 19.1. The van der Waals surface area contributed by atoms with Gasteiger partial charge >= 0.3 is 0 Å². The molecule has 1 aliphatic heterocycles. The average molecular weight is 268 g/mol. The van der Waals surface area contributed by atoms with E-state index in [9.17, 15) is 13.6 Å². The van der Waals surface area contributed by atoms with E-state index in [4.69, 9.17) is 0 Å². The maximum Gasteiger partial charge on any atom is 0.257 e. The van der Waals surface area contributed by atoms with Crippen LogP contribution in [-0.2, 0) is 0 Å². The van der Waals surface area contributed by atoms with Gasteiger partial charge in [0.25, 0.3) is 5.91 Å². The van der Waals surface area contributed by atoms with Crippen LogP contribution in [0, 0.1) is 17.6 Å².